The van der Waals surface area contributed by atoms with Gasteiger partial charge in [-0.05, 0) is 36.1 Å². The van der Waals surface area contributed by atoms with Crippen molar-refractivity contribution in [3.05, 3.63) is 120 Å². The highest BCUT2D eigenvalue weighted by Gasteiger charge is 2.45. The van der Waals surface area contributed by atoms with Gasteiger partial charge in [0.2, 0.25) is 11.9 Å². The highest BCUT2D eigenvalue weighted by atomic mass is 16.3. The van der Waals surface area contributed by atoms with Crippen LogP contribution in [0.3, 0.4) is 0 Å². The van der Waals surface area contributed by atoms with Crippen LogP contribution in [0.1, 0.15) is 47.5 Å². The molecule has 5 heterocycles. The molecular formula is C38H41N11O4. The molecule has 2 aliphatic rings. The number of fused-ring (bicyclic) bond motifs is 1. The number of aromatic nitrogens is 7. The van der Waals surface area contributed by atoms with Crippen molar-refractivity contribution in [2.45, 2.75) is 55.7 Å². The third kappa shape index (κ3) is 7.13. The van der Waals surface area contributed by atoms with E-state index in [2.05, 4.69) is 55.3 Å². The Morgan fingerprint density at radius 3 is 2.36 bits per heavy atom. The van der Waals surface area contributed by atoms with E-state index >= 15 is 0 Å². The maximum atomic E-state index is 12.7. The number of hydrogen-bond donors (Lipinski definition) is 6. The quantitative estimate of drug-likeness (QED) is 0.115. The third-order valence-electron chi connectivity index (χ3n) is 10.1. The minimum absolute atomic E-state index is 0.00971. The maximum absolute atomic E-state index is 12.7. The molecule has 1 saturated heterocycles. The molecule has 6 N–H and O–H groups in total. The molecule has 6 aromatic rings. The molecule has 1 aliphatic carbocycles. The lowest BCUT2D eigenvalue weighted by Crippen LogP contribution is -2.40. The first-order valence-corrected chi connectivity index (χ1v) is 17.8. The van der Waals surface area contributed by atoms with Crippen LogP contribution in [0.4, 0.5) is 22.4 Å². The molecule has 272 valence electrons. The Kier molecular flexibility index (Phi) is 9.67. The van der Waals surface area contributed by atoms with E-state index in [4.69, 9.17) is 9.97 Å². The molecule has 15 heteroatoms. The van der Waals surface area contributed by atoms with Gasteiger partial charge in [0.25, 0.3) is 0 Å². The van der Waals surface area contributed by atoms with Crippen molar-refractivity contribution in [2.24, 2.45) is 0 Å². The SMILES string of the molecule is O=C(Nc1cccnc1)NC1CCN(c2ncc3nc(NCC(c4ccccc4)c4ccccc4)n([C@@H]4C[C@H](n5cc(CO)cn5)[C@@H](O)[C@H]4O)c3n2)C1. The van der Waals surface area contributed by atoms with E-state index in [9.17, 15) is 20.1 Å². The zero-order chi connectivity index (χ0) is 36.3. The van der Waals surface area contributed by atoms with Crippen LogP contribution >= 0.6 is 0 Å². The first-order valence-electron chi connectivity index (χ1n) is 17.8. The number of pyridine rings is 1. The van der Waals surface area contributed by atoms with Crippen LogP contribution in [0.15, 0.2) is 104 Å². The largest absolute Gasteiger partial charge is 0.392 e. The molecule has 2 aromatic carbocycles. The number of urea groups is 1. The minimum Gasteiger partial charge on any atom is -0.392 e. The molecule has 1 saturated carbocycles. The number of aliphatic hydroxyl groups is 3. The lowest BCUT2D eigenvalue weighted by atomic mass is 9.91. The van der Waals surface area contributed by atoms with E-state index in [1.54, 1.807) is 47.8 Å². The predicted octanol–water partition coefficient (Wildman–Crippen LogP) is 3.46. The van der Waals surface area contributed by atoms with Crippen molar-refractivity contribution in [3.63, 3.8) is 0 Å². The van der Waals surface area contributed by atoms with Gasteiger partial charge in [0, 0.05) is 49.6 Å². The third-order valence-corrected chi connectivity index (χ3v) is 10.1. The van der Waals surface area contributed by atoms with Gasteiger partial charge in [0.15, 0.2) is 5.65 Å². The lowest BCUT2D eigenvalue weighted by molar-refractivity contribution is 0.00746. The Labute approximate surface area is 305 Å². The van der Waals surface area contributed by atoms with Gasteiger partial charge in [-0.3, -0.25) is 14.2 Å². The fraction of sp³-hybridized carbons (Fsp3) is 0.316. The monoisotopic (exact) mass is 715 g/mol. The second-order valence-electron chi connectivity index (χ2n) is 13.5. The van der Waals surface area contributed by atoms with E-state index in [1.807, 2.05) is 45.9 Å². The molecule has 4 aromatic heterocycles. The molecule has 0 radical (unpaired) electrons. The van der Waals surface area contributed by atoms with Crippen molar-refractivity contribution in [3.8, 4) is 0 Å². The van der Waals surface area contributed by atoms with E-state index in [-0.39, 0.29) is 24.6 Å². The van der Waals surface area contributed by atoms with Crippen LogP contribution < -0.4 is 20.9 Å². The summed E-state index contributed by atoms with van der Waals surface area (Å²) in [6, 6.07) is 22.4. The smallest absolute Gasteiger partial charge is 0.319 e. The van der Waals surface area contributed by atoms with E-state index < -0.39 is 24.3 Å². The van der Waals surface area contributed by atoms with Gasteiger partial charge in [-0.2, -0.15) is 10.1 Å². The number of amides is 2. The fourth-order valence-electron chi connectivity index (χ4n) is 7.46. The Bertz CT molecular complexity index is 2110. The van der Waals surface area contributed by atoms with Crippen LogP contribution in [0, 0.1) is 0 Å². The number of aliphatic hydroxyl groups excluding tert-OH is 3. The number of carbonyl (C=O) groups is 1. The molecule has 5 atom stereocenters. The highest BCUT2D eigenvalue weighted by Crippen LogP contribution is 2.42. The number of anilines is 3. The molecule has 2 amide bonds. The summed E-state index contributed by atoms with van der Waals surface area (Å²) < 4.78 is 3.49. The Hall–Kier alpha value is -5.90. The van der Waals surface area contributed by atoms with Crippen LogP contribution in [0.5, 0.6) is 0 Å². The fourth-order valence-corrected chi connectivity index (χ4v) is 7.46. The minimum atomic E-state index is -1.17. The summed E-state index contributed by atoms with van der Waals surface area (Å²) in [7, 11) is 0. The van der Waals surface area contributed by atoms with Gasteiger partial charge >= 0.3 is 6.03 Å². The molecule has 1 aliphatic heterocycles. The van der Waals surface area contributed by atoms with E-state index in [0.29, 0.717) is 66.8 Å². The average Bonchev–Trinajstić information content (AvgIpc) is 3.99. The summed E-state index contributed by atoms with van der Waals surface area (Å²) in [5.74, 6) is 0.951. The second kappa shape index (κ2) is 15.0. The van der Waals surface area contributed by atoms with Crippen LogP contribution in [-0.4, -0.2) is 93.5 Å². The zero-order valence-electron chi connectivity index (χ0n) is 28.8. The molecule has 0 spiro atoms. The lowest BCUT2D eigenvalue weighted by Gasteiger charge is -2.23. The van der Waals surface area contributed by atoms with Gasteiger partial charge in [0.1, 0.15) is 17.7 Å². The Balaban J connectivity index is 1.10. The summed E-state index contributed by atoms with van der Waals surface area (Å²) in [4.78, 5) is 33.4. The van der Waals surface area contributed by atoms with Gasteiger partial charge in [-0.25, -0.2) is 14.8 Å². The van der Waals surface area contributed by atoms with Crippen LogP contribution in [0.25, 0.3) is 11.2 Å². The number of benzene rings is 2. The first-order chi connectivity index (χ1) is 25.9. The standard InChI is InChI=1S/C38H41N11O4/c50-23-24-17-42-48(21-24)31-16-32(34(52)33(31)51)49-35-30(45-37(49)40-19-29(25-8-3-1-4-9-25)26-10-5-2-6-11-26)20-41-36(46-35)47-15-13-28(22-47)44-38(53)43-27-12-7-14-39-18-27/h1-12,14,17-18,20-21,28-29,31-34,50-52H,13,15-16,19,22-23H2,(H,40,45)(H2,43,44,53)/t28?,31-,32+,33+,34-/m0/s1. The molecule has 53 heavy (non-hydrogen) atoms. The number of carbonyl (C=O) groups excluding carboxylic acids is 1. The molecule has 2 fully saturated rings. The van der Waals surface area contributed by atoms with E-state index in [0.717, 1.165) is 11.1 Å². The van der Waals surface area contributed by atoms with Gasteiger partial charge in [0.05, 0.1) is 43.0 Å². The Morgan fingerprint density at radius 2 is 1.66 bits per heavy atom. The van der Waals surface area contributed by atoms with Gasteiger partial charge in [-0.1, -0.05) is 60.7 Å². The molecule has 8 rings (SSSR count). The summed E-state index contributed by atoms with van der Waals surface area (Å²) in [6.45, 7) is 1.44. The number of nitrogens with zero attached hydrogens (tertiary/aromatic N) is 8. The first kappa shape index (κ1) is 34.2. The normalized spacial score (nSPS) is 21.4. The van der Waals surface area contributed by atoms with Crippen molar-refractivity contribution >= 4 is 34.8 Å². The molecule has 1 unspecified atom stereocenters. The Morgan fingerprint density at radius 1 is 0.906 bits per heavy atom. The number of rotatable bonds is 11. The summed E-state index contributed by atoms with van der Waals surface area (Å²) >= 11 is 0. The topological polar surface area (TPSA) is 191 Å². The van der Waals surface area contributed by atoms with Gasteiger partial charge < -0.3 is 36.2 Å². The summed E-state index contributed by atoms with van der Waals surface area (Å²) in [5, 5.41) is 46.4. The summed E-state index contributed by atoms with van der Waals surface area (Å²) in [6.07, 6.45) is 6.87. The highest BCUT2D eigenvalue weighted by molar-refractivity contribution is 5.89. The second-order valence-corrected chi connectivity index (χ2v) is 13.5. The molecule has 0 bridgehead atoms. The predicted molar refractivity (Wildman–Crippen MR) is 198 cm³/mol. The number of nitrogens with one attached hydrogen (secondary N) is 3. The number of hydrogen-bond acceptors (Lipinski definition) is 11. The van der Waals surface area contributed by atoms with Crippen LogP contribution in [0.2, 0.25) is 0 Å². The van der Waals surface area contributed by atoms with Gasteiger partial charge in [-0.15, -0.1) is 0 Å². The maximum Gasteiger partial charge on any atom is 0.319 e. The average molecular weight is 716 g/mol. The summed E-state index contributed by atoms with van der Waals surface area (Å²) in [5.41, 5.74) is 4.53. The van der Waals surface area contributed by atoms with Crippen molar-refractivity contribution in [2.75, 3.05) is 35.2 Å². The molecular weight excluding hydrogens is 674 g/mol. The number of imidazole rings is 1. The van der Waals surface area contributed by atoms with Crippen molar-refractivity contribution in [1.29, 1.82) is 0 Å². The molecule has 15 nitrogen and oxygen atoms in total. The van der Waals surface area contributed by atoms with Crippen molar-refractivity contribution < 1.29 is 20.1 Å². The van der Waals surface area contributed by atoms with E-state index in [1.165, 1.54) is 0 Å². The van der Waals surface area contributed by atoms with Crippen LogP contribution in [-0.2, 0) is 6.61 Å². The van der Waals surface area contributed by atoms with Crippen molar-refractivity contribution in [1.82, 2.24) is 39.6 Å². The zero-order valence-corrected chi connectivity index (χ0v) is 28.8.